The molecule has 4 rings (SSSR count). The molecule has 0 unspecified atom stereocenters. The number of fused-ring (bicyclic) bond motifs is 1. The first-order valence-electron chi connectivity index (χ1n) is 11.0. The van der Waals surface area contributed by atoms with Gasteiger partial charge in [0.2, 0.25) is 5.91 Å². The average molecular weight is 423 g/mol. The Kier molecular flexibility index (Phi) is 6.56. The lowest BCUT2D eigenvalue weighted by molar-refractivity contribution is -0.123. The molecule has 1 N–H and O–H groups in total. The molecule has 1 saturated heterocycles. The first-order valence-corrected chi connectivity index (χ1v) is 11.0. The number of rotatable bonds is 6. The molecule has 0 aliphatic carbocycles. The van der Waals surface area contributed by atoms with Gasteiger partial charge in [0.15, 0.2) is 17.3 Å². The summed E-state index contributed by atoms with van der Waals surface area (Å²) in [4.78, 5) is 27.6. The number of hydrogen-bond acceptors (Lipinski definition) is 5. The summed E-state index contributed by atoms with van der Waals surface area (Å²) in [6.07, 6.45) is 1.52. The van der Waals surface area contributed by atoms with Gasteiger partial charge in [-0.3, -0.25) is 14.5 Å². The summed E-state index contributed by atoms with van der Waals surface area (Å²) < 4.78 is 11.1. The number of Topliss-reactive ketones (excluding diaryl/α,β-unsaturated/α-hetero) is 1. The highest BCUT2D eigenvalue weighted by Crippen LogP contribution is 2.32. The number of likely N-dealkylation sites (tertiary alicyclic amines) is 1. The Morgan fingerprint density at radius 1 is 1.06 bits per heavy atom. The number of hydrogen-bond donors (Lipinski definition) is 1. The molecule has 2 aliphatic rings. The van der Waals surface area contributed by atoms with Crippen molar-refractivity contribution in [3.63, 3.8) is 0 Å². The smallest absolute Gasteiger partial charge is 0.234 e. The summed E-state index contributed by atoms with van der Waals surface area (Å²) in [6.45, 7) is 6.96. The molecule has 1 fully saturated rings. The first-order chi connectivity index (χ1) is 15.0. The van der Waals surface area contributed by atoms with Gasteiger partial charge in [0.05, 0.1) is 12.6 Å². The zero-order valence-corrected chi connectivity index (χ0v) is 18.2. The standard InChI is InChI=1S/C25H30N2O4/c1-17-5-3-4-6-21(17)18(2)26-24(28)16-27-11-9-19(10-12-27)25(29)20-7-8-22-23(15-20)31-14-13-30-22/h3-8,15,18-19H,9-14,16H2,1-2H3,(H,26,28)/t18-/m0/s1. The largest absolute Gasteiger partial charge is 0.486 e. The number of amides is 1. The summed E-state index contributed by atoms with van der Waals surface area (Å²) in [6, 6.07) is 13.5. The summed E-state index contributed by atoms with van der Waals surface area (Å²) in [5.74, 6) is 1.49. The van der Waals surface area contributed by atoms with Gasteiger partial charge in [-0.2, -0.15) is 0 Å². The molecule has 6 heteroatoms. The molecule has 0 spiro atoms. The van der Waals surface area contributed by atoms with Crippen molar-refractivity contribution in [1.82, 2.24) is 10.2 Å². The maximum Gasteiger partial charge on any atom is 0.234 e. The van der Waals surface area contributed by atoms with Crippen LogP contribution in [0.15, 0.2) is 42.5 Å². The van der Waals surface area contributed by atoms with Crippen molar-refractivity contribution in [3.8, 4) is 11.5 Å². The molecule has 2 aromatic rings. The normalized spacial score (nSPS) is 17.7. The maximum atomic E-state index is 13.0. The number of carbonyl (C=O) groups excluding carboxylic acids is 2. The fourth-order valence-corrected chi connectivity index (χ4v) is 4.43. The molecular formula is C25H30N2O4. The molecule has 6 nitrogen and oxygen atoms in total. The number of ether oxygens (including phenoxy) is 2. The molecule has 2 aromatic carbocycles. The van der Waals surface area contributed by atoms with Crippen molar-refractivity contribution in [2.75, 3.05) is 32.8 Å². The van der Waals surface area contributed by atoms with E-state index in [9.17, 15) is 9.59 Å². The number of nitrogens with zero attached hydrogens (tertiary/aromatic N) is 1. The lowest BCUT2D eigenvalue weighted by atomic mass is 9.88. The van der Waals surface area contributed by atoms with Crippen LogP contribution < -0.4 is 14.8 Å². The molecule has 164 valence electrons. The lowest BCUT2D eigenvalue weighted by Gasteiger charge is -2.31. The average Bonchev–Trinajstić information content (AvgIpc) is 2.79. The van der Waals surface area contributed by atoms with E-state index in [1.54, 1.807) is 6.07 Å². The van der Waals surface area contributed by atoms with Crippen molar-refractivity contribution >= 4 is 11.7 Å². The van der Waals surface area contributed by atoms with E-state index in [-0.39, 0.29) is 23.7 Å². The Hall–Kier alpha value is -2.86. The molecule has 2 heterocycles. The minimum Gasteiger partial charge on any atom is -0.486 e. The van der Waals surface area contributed by atoms with Gasteiger partial charge in [-0.25, -0.2) is 0 Å². The van der Waals surface area contributed by atoms with Gasteiger partial charge < -0.3 is 14.8 Å². The third-order valence-electron chi connectivity index (χ3n) is 6.18. The van der Waals surface area contributed by atoms with Crippen LogP contribution in [0.25, 0.3) is 0 Å². The molecule has 2 aliphatic heterocycles. The van der Waals surface area contributed by atoms with Crippen LogP contribution in [0.3, 0.4) is 0 Å². The summed E-state index contributed by atoms with van der Waals surface area (Å²) in [5, 5.41) is 3.10. The van der Waals surface area contributed by atoms with Crippen LogP contribution in [0.2, 0.25) is 0 Å². The van der Waals surface area contributed by atoms with Crippen LogP contribution in [-0.4, -0.2) is 49.4 Å². The second-order valence-corrected chi connectivity index (χ2v) is 8.42. The minimum atomic E-state index is -0.0250. The molecule has 0 bridgehead atoms. The quantitative estimate of drug-likeness (QED) is 0.722. The molecule has 0 radical (unpaired) electrons. The van der Waals surface area contributed by atoms with Gasteiger partial charge in [0, 0.05) is 11.5 Å². The summed E-state index contributed by atoms with van der Waals surface area (Å²) in [7, 11) is 0. The number of ketones is 1. The number of aryl methyl sites for hydroxylation is 1. The van der Waals surface area contributed by atoms with Gasteiger partial charge in [-0.05, 0) is 69.1 Å². The van der Waals surface area contributed by atoms with Gasteiger partial charge >= 0.3 is 0 Å². The lowest BCUT2D eigenvalue weighted by Crippen LogP contribution is -2.43. The molecular weight excluding hydrogens is 392 g/mol. The molecule has 31 heavy (non-hydrogen) atoms. The van der Waals surface area contributed by atoms with Crippen molar-refractivity contribution in [1.29, 1.82) is 0 Å². The van der Waals surface area contributed by atoms with Crippen LogP contribution >= 0.6 is 0 Å². The molecule has 0 saturated carbocycles. The number of benzene rings is 2. The maximum absolute atomic E-state index is 13.0. The van der Waals surface area contributed by atoms with Gasteiger partial charge in [0.25, 0.3) is 0 Å². The fraction of sp³-hybridized carbons (Fsp3) is 0.440. The third kappa shape index (κ3) is 5.07. The predicted molar refractivity (Wildman–Crippen MR) is 119 cm³/mol. The minimum absolute atomic E-state index is 0.0206. The number of nitrogens with one attached hydrogen (secondary N) is 1. The molecule has 1 atom stereocenters. The van der Waals surface area contributed by atoms with Crippen LogP contribution in [0.5, 0.6) is 11.5 Å². The topological polar surface area (TPSA) is 67.9 Å². The Labute approximate surface area is 183 Å². The predicted octanol–water partition coefficient (Wildman–Crippen LogP) is 3.54. The van der Waals surface area contributed by atoms with Crippen molar-refractivity contribution in [2.24, 2.45) is 5.92 Å². The van der Waals surface area contributed by atoms with Crippen LogP contribution in [0.4, 0.5) is 0 Å². The highest BCUT2D eigenvalue weighted by molar-refractivity contribution is 5.98. The second kappa shape index (κ2) is 9.52. The zero-order chi connectivity index (χ0) is 21.8. The van der Waals surface area contributed by atoms with Crippen molar-refractivity contribution < 1.29 is 19.1 Å². The van der Waals surface area contributed by atoms with Crippen LogP contribution in [0.1, 0.15) is 47.3 Å². The Balaban J connectivity index is 1.27. The number of carbonyl (C=O) groups is 2. The highest BCUT2D eigenvalue weighted by Gasteiger charge is 2.28. The highest BCUT2D eigenvalue weighted by atomic mass is 16.6. The zero-order valence-electron chi connectivity index (χ0n) is 18.2. The van der Waals surface area contributed by atoms with Crippen molar-refractivity contribution in [3.05, 3.63) is 59.2 Å². The van der Waals surface area contributed by atoms with E-state index in [1.165, 1.54) is 5.56 Å². The van der Waals surface area contributed by atoms with E-state index in [2.05, 4.69) is 29.3 Å². The SMILES string of the molecule is Cc1ccccc1[C@H](C)NC(=O)CN1CCC(C(=O)c2ccc3c(c2)OCCO3)CC1. The number of piperidine rings is 1. The van der Waals surface area contributed by atoms with Gasteiger partial charge in [-0.1, -0.05) is 24.3 Å². The Bertz CT molecular complexity index is 950. The third-order valence-corrected chi connectivity index (χ3v) is 6.18. The van der Waals surface area contributed by atoms with E-state index in [0.29, 0.717) is 36.8 Å². The van der Waals surface area contributed by atoms with E-state index in [4.69, 9.17) is 9.47 Å². The second-order valence-electron chi connectivity index (χ2n) is 8.42. The van der Waals surface area contributed by atoms with E-state index in [1.807, 2.05) is 31.2 Å². The Morgan fingerprint density at radius 2 is 1.77 bits per heavy atom. The summed E-state index contributed by atoms with van der Waals surface area (Å²) >= 11 is 0. The van der Waals surface area contributed by atoms with E-state index >= 15 is 0 Å². The Morgan fingerprint density at radius 3 is 2.52 bits per heavy atom. The van der Waals surface area contributed by atoms with Crippen LogP contribution in [0, 0.1) is 12.8 Å². The van der Waals surface area contributed by atoms with E-state index in [0.717, 1.165) is 31.5 Å². The van der Waals surface area contributed by atoms with E-state index < -0.39 is 0 Å². The van der Waals surface area contributed by atoms with Crippen LogP contribution in [-0.2, 0) is 4.79 Å². The molecule has 0 aromatic heterocycles. The van der Waals surface area contributed by atoms with Crippen molar-refractivity contribution in [2.45, 2.75) is 32.7 Å². The van der Waals surface area contributed by atoms with Gasteiger partial charge in [-0.15, -0.1) is 0 Å². The van der Waals surface area contributed by atoms with Gasteiger partial charge in [0.1, 0.15) is 13.2 Å². The molecule has 1 amide bonds. The summed E-state index contributed by atoms with van der Waals surface area (Å²) in [5.41, 5.74) is 2.99. The fourth-order valence-electron chi connectivity index (χ4n) is 4.43. The first kappa shape index (κ1) is 21.4. The monoisotopic (exact) mass is 422 g/mol.